The number of rotatable bonds is 10. The summed E-state index contributed by atoms with van der Waals surface area (Å²) in [6, 6.07) is 7.56. The second-order valence-electron chi connectivity index (χ2n) is 9.67. The Morgan fingerprint density at radius 1 is 1.19 bits per heavy atom. The van der Waals surface area contributed by atoms with Gasteiger partial charge in [0.15, 0.2) is 0 Å². The highest BCUT2D eigenvalue weighted by Crippen LogP contribution is 2.32. The third-order valence-corrected chi connectivity index (χ3v) is 6.94. The summed E-state index contributed by atoms with van der Waals surface area (Å²) in [5.74, 6) is 0.812. The summed E-state index contributed by atoms with van der Waals surface area (Å²) in [5.41, 5.74) is 2.57. The number of nitrogens with zero attached hydrogens (tertiary/aromatic N) is 3. The highest BCUT2D eigenvalue weighted by molar-refractivity contribution is 7.90. The maximum Gasteiger partial charge on any atom is 0.228 e. The molecule has 0 N–H and O–H groups in total. The number of carbonyl (C=O) groups is 1. The molecule has 31 heavy (non-hydrogen) atoms. The Balaban J connectivity index is 1.92. The van der Waals surface area contributed by atoms with E-state index in [2.05, 4.69) is 32.7 Å². The van der Waals surface area contributed by atoms with Crippen LogP contribution < -0.4 is 0 Å². The van der Waals surface area contributed by atoms with Crippen molar-refractivity contribution >= 4 is 15.7 Å². The summed E-state index contributed by atoms with van der Waals surface area (Å²) in [6.07, 6.45) is 3.54. The van der Waals surface area contributed by atoms with Gasteiger partial charge in [0, 0.05) is 19.0 Å². The number of sulfone groups is 1. The molecule has 1 aliphatic rings. The minimum atomic E-state index is -3.62. The molecule has 7 heteroatoms. The van der Waals surface area contributed by atoms with E-state index in [1.165, 1.54) is 0 Å². The minimum Gasteiger partial charge on any atom is -0.336 e. The zero-order valence-corrected chi connectivity index (χ0v) is 20.2. The molecule has 1 aromatic carbocycles. The van der Waals surface area contributed by atoms with Gasteiger partial charge >= 0.3 is 0 Å². The van der Waals surface area contributed by atoms with Gasteiger partial charge in [0.05, 0.1) is 24.2 Å². The van der Waals surface area contributed by atoms with E-state index in [1.807, 2.05) is 40.7 Å². The third kappa shape index (κ3) is 6.19. The average Bonchev–Trinajstić information content (AvgIpc) is 3.42. The first-order valence-corrected chi connectivity index (χ1v) is 12.8. The molecule has 6 nitrogen and oxygen atoms in total. The van der Waals surface area contributed by atoms with Crippen LogP contribution in [0.4, 0.5) is 0 Å². The molecule has 0 radical (unpaired) electrons. The van der Waals surface area contributed by atoms with E-state index in [9.17, 15) is 13.2 Å². The number of benzene rings is 1. The molecule has 0 bridgehead atoms. The predicted molar refractivity (Wildman–Crippen MR) is 122 cm³/mol. The third-order valence-electron chi connectivity index (χ3n) is 5.34. The van der Waals surface area contributed by atoms with E-state index < -0.39 is 9.84 Å². The van der Waals surface area contributed by atoms with E-state index in [4.69, 9.17) is 0 Å². The summed E-state index contributed by atoms with van der Waals surface area (Å²) in [4.78, 5) is 19.1. The molecule has 170 valence electrons. The lowest BCUT2D eigenvalue weighted by Gasteiger charge is -2.26. The molecule has 0 unspecified atom stereocenters. The molecule has 1 heterocycles. The first-order chi connectivity index (χ1) is 14.6. The molecule has 3 rings (SSSR count). The molecular weight excluding hydrogens is 410 g/mol. The van der Waals surface area contributed by atoms with Crippen LogP contribution in [0.2, 0.25) is 0 Å². The highest BCUT2D eigenvalue weighted by Gasteiger charge is 2.34. The quantitative estimate of drug-likeness (QED) is 0.549. The van der Waals surface area contributed by atoms with E-state index in [-0.39, 0.29) is 28.7 Å². The summed E-state index contributed by atoms with van der Waals surface area (Å²) in [6.45, 7) is 11.9. The van der Waals surface area contributed by atoms with Crippen LogP contribution in [-0.2, 0) is 33.5 Å². The second kappa shape index (κ2) is 9.55. The van der Waals surface area contributed by atoms with E-state index in [0.29, 0.717) is 25.6 Å². The fourth-order valence-corrected chi connectivity index (χ4v) is 5.36. The Morgan fingerprint density at radius 3 is 2.48 bits per heavy atom. The normalized spacial score (nSPS) is 14.4. The number of imidazole rings is 1. The van der Waals surface area contributed by atoms with Crippen LogP contribution in [0.3, 0.4) is 0 Å². The Morgan fingerprint density at radius 2 is 1.90 bits per heavy atom. The van der Waals surface area contributed by atoms with Crippen molar-refractivity contribution < 1.29 is 13.2 Å². The summed E-state index contributed by atoms with van der Waals surface area (Å²) in [7, 11) is -3.62. The Kier molecular flexibility index (Phi) is 7.24. The monoisotopic (exact) mass is 445 g/mol. The molecule has 0 spiro atoms. The van der Waals surface area contributed by atoms with Gasteiger partial charge in [-0.15, -0.1) is 0 Å². The highest BCUT2D eigenvalue weighted by atomic mass is 32.2. The first-order valence-electron chi connectivity index (χ1n) is 11.2. The second-order valence-corrected chi connectivity index (χ2v) is 11.6. The molecule has 0 atom stereocenters. The van der Waals surface area contributed by atoms with Crippen molar-refractivity contribution in [2.24, 2.45) is 17.8 Å². The molecule has 1 saturated carbocycles. The number of aryl methyl sites for hydroxylation is 1. The fraction of sp³-hybridized carbons (Fsp3) is 0.583. The maximum atomic E-state index is 13.3. The molecular formula is C24H35N3O3S. The zero-order valence-electron chi connectivity index (χ0n) is 19.3. The molecule has 1 amide bonds. The van der Waals surface area contributed by atoms with Crippen LogP contribution in [0.1, 0.15) is 57.4 Å². The number of aromatic nitrogens is 2. The Bertz CT molecular complexity index is 1020. The SMILES string of the molecule is Cc1cccc(CS(=O)(=O)c2ncc(CN(CC(C)C)C(=O)C3CC3)n2CC(C)C)c1. The molecule has 1 aliphatic carbocycles. The number of amides is 1. The van der Waals surface area contributed by atoms with Gasteiger partial charge in [-0.3, -0.25) is 4.79 Å². The summed E-state index contributed by atoms with van der Waals surface area (Å²) in [5, 5.41) is 0.0982. The van der Waals surface area contributed by atoms with Crippen LogP contribution in [0.25, 0.3) is 0 Å². The van der Waals surface area contributed by atoms with E-state index >= 15 is 0 Å². The van der Waals surface area contributed by atoms with Crippen molar-refractivity contribution in [2.75, 3.05) is 6.54 Å². The van der Waals surface area contributed by atoms with Crippen LogP contribution in [0.5, 0.6) is 0 Å². The maximum absolute atomic E-state index is 13.3. The Labute approximate surface area is 186 Å². The standard InChI is InChI=1S/C24H35N3O3S/c1-17(2)13-26(23(28)21-9-10-21)15-22-12-25-24(27(22)14-18(3)4)31(29,30)16-20-8-6-7-19(5)11-20/h6-8,11-12,17-18,21H,9-10,13-16H2,1-5H3. The number of carbonyl (C=O) groups excluding carboxylic acids is 1. The minimum absolute atomic E-state index is 0.0834. The van der Waals surface area contributed by atoms with E-state index in [0.717, 1.165) is 29.7 Å². The van der Waals surface area contributed by atoms with Crippen molar-refractivity contribution in [2.45, 2.75) is 71.5 Å². The van der Waals surface area contributed by atoms with Crippen LogP contribution >= 0.6 is 0 Å². The van der Waals surface area contributed by atoms with Crippen LogP contribution in [0, 0.1) is 24.7 Å². The zero-order chi connectivity index (χ0) is 22.8. The smallest absolute Gasteiger partial charge is 0.228 e. The average molecular weight is 446 g/mol. The van der Waals surface area contributed by atoms with Gasteiger partial charge in [-0.2, -0.15) is 0 Å². The lowest BCUT2D eigenvalue weighted by molar-refractivity contribution is -0.133. The van der Waals surface area contributed by atoms with Crippen molar-refractivity contribution in [3.05, 3.63) is 47.3 Å². The van der Waals surface area contributed by atoms with Gasteiger partial charge < -0.3 is 9.47 Å². The number of hydrogen-bond donors (Lipinski definition) is 0. The summed E-state index contributed by atoms with van der Waals surface area (Å²) >= 11 is 0. The molecule has 2 aromatic rings. The lowest BCUT2D eigenvalue weighted by atomic mass is 10.2. The van der Waals surface area contributed by atoms with Crippen molar-refractivity contribution in [1.82, 2.24) is 14.5 Å². The molecule has 0 aliphatic heterocycles. The van der Waals surface area contributed by atoms with Crippen molar-refractivity contribution in [3.63, 3.8) is 0 Å². The fourth-order valence-electron chi connectivity index (χ4n) is 3.87. The van der Waals surface area contributed by atoms with Crippen molar-refractivity contribution in [3.8, 4) is 0 Å². The largest absolute Gasteiger partial charge is 0.336 e. The summed E-state index contributed by atoms with van der Waals surface area (Å²) < 4.78 is 28.4. The topological polar surface area (TPSA) is 72.3 Å². The lowest BCUT2D eigenvalue weighted by Crippen LogP contribution is -2.35. The molecule has 0 saturated heterocycles. The van der Waals surface area contributed by atoms with Crippen molar-refractivity contribution in [1.29, 1.82) is 0 Å². The molecule has 1 aromatic heterocycles. The van der Waals surface area contributed by atoms with Crippen LogP contribution in [0.15, 0.2) is 35.6 Å². The van der Waals surface area contributed by atoms with Crippen LogP contribution in [-0.4, -0.2) is 35.3 Å². The predicted octanol–water partition coefficient (Wildman–Crippen LogP) is 4.22. The first kappa shape index (κ1) is 23.5. The number of hydrogen-bond acceptors (Lipinski definition) is 4. The van der Waals surface area contributed by atoms with Gasteiger partial charge in [0.25, 0.3) is 0 Å². The molecule has 1 fully saturated rings. The van der Waals surface area contributed by atoms with E-state index in [1.54, 1.807) is 6.20 Å². The van der Waals surface area contributed by atoms with Gasteiger partial charge in [-0.1, -0.05) is 57.5 Å². The van der Waals surface area contributed by atoms with Gasteiger partial charge in [-0.25, -0.2) is 13.4 Å². The van der Waals surface area contributed by atoms with Gasteiger partial charge in [0.1, 0.15) is 0 Å². The van der Waals surface area contributed by atoms with Gasteiger partial charge in [-0.05, 0) is 37.2 Å². The van der Waals surface area contributed by atoms with Gasteiger partial charge in [0.2, 0.25) is 20.9 Å². The Hall–Kier alpha value is -2.15.